The van der Waals surface area contributed by atoms with E-state index in [1.54, 1.807) is 0 Å². The van der Waals surface area contributed by atoms with Gasteiger partial charge >= 0.3 is 0 Å². The zero-order valence-corrected chi connectivity index (χ0v) is 14.0. The third-order valence-electron chi connectivity index (χ3n) is 2.67. The summed E-state index contributed by atoms with van der Waals surface area (Å²) < 4.78 is 0.610. The molecule has 0 aliphatic carbocycles. The van der Waals surface area contributed by atoms with Crippen molar-refractivity contribution in [2.24, 2.45) is 0 Å². The smallest absolute Gasteiger partial charge is 0.0595 e. The molecule has 1 aliphatic heterocycles. The molecule has 1 nitrogen and oxygen atoms in total. The van der Waals surface area contributed by atoms with Gasteiger partial charge in [-0.25, -0.2) is 0 Å². The maximum Gasteiger partial charge on any atom is 0.0595 e. The summed E-state index contributed by atoms with van der Waals surface area (Å²) in [4.78, 5) is 0. The molecule has 1 N–H and O–H groups in total. The van der Waals surface area contributed by atoms with Crippen LogP contribution in [0.3, 0.4) is 0 Å². The number of rotatable bonds is 6. The van der Waals surface area contributed by atoms with Crippen LogP contribution in [0.5, 0.6) is 0 Å². The summed E-state index contributed by atoms with van der Waals surface area (Å²) in [6, 6.07) is 1.15. The molecule has 0 amide bonds. The Bertz CT molecular complexity index is 244. The van der Waals surface area contributed by atoms with E-state index >= 15 is 0 Å². The first-order valence-electron chi connectivity index (χ1n) is 6.45. The highest BCUT2D eigenvalue weighted by Gasteiger charge is 2.21. The monoisotopic (exact) mass is 290 g/mol. The molecule has 1 heterocycles. The highest BCUT2D eigenvalue weighted by molar-refractivity contribution is 8.17. The number of hydrogen-bond acceptors (Lipinski definition) is 3. The molecule has 1 fully saturated rings. The van der Waals surface area contributed by atoms with Crippen LogP contribution in [0.25, 0.3) is 0 Å². The molecule has 0 bridgehead atoms. The quantitative estimate of drug-likeness (QED) is 0.584. The van der Waals surface area contributed by atoms with Gasteiger partial charge in [0.25, 0.3) is 0 Å². The fourth-order valence-electron chi connectivity index (χ4n) is 2.13. The number of aliphatic hydroxyl groups is 1. The Hall–Kier alpha value is 0.617. The van der Waals surface area contributed by atoms with Gasteiger partial charge in [-0.3, -0.25) is 0 Å². The van der Waals surface area contributed by atoms with Gasteiger partial charge in [-0.1, -0.05) is 25.2 Å². The van der Waals surface area contributed by atoms with Crippen LogP contribution < -0.4 is 0 Å². The summed E-state index contributed by atoms with van der Waals surface area (Å²) in [5, 5.41) is 10.1. The summed E-state index contributed by atoms with van der Waals surface area (Å²) in [5.74, 6) is 2.53. The Kier molecular flexibility index (Phi) is 6.70. The summed E-state index contributed by atoms with van der Waals surface area (Å²) >= 11 is 4.03. The summed E-state index contributed by atoms with van der Waals surface area (Å²) in [6.45, 7) is 11.2. The van der Waals surface area contributed by atoms with Crippen LogP contribution in [0.15, 0.2) is 12.2 Å². The van der Waals surface area contributed by atoms with Crippen LogP contribution in [0, 0.1) is 0 Å². The fraction of sp³-hybridized carbons (Fsp3) is 0.846. The molecule has 0 unspecified atom stereocenters. The summed E-state index contributed by atoms with van der Waals surface area (Å²) in [5.41, 5.74) is 1.25. The lowest BCUT2D eigenvalue weighted by Crippen LogP contribution is -2.22. The maximum absolute atomic E-state index is 10.1. The minimum absolute atomic E-state index is 0.179. The molecule has 1 saturated heterocycles. The van der Waals surface area contributed by atoms with Crippen molar-refractivity contribution < 1.29 is 5.11 Å². The Balaban J connectivity index is 2.23. The maximum atomic E-state index is 10.1. The van der Waals surface area contributed by atoms with Crippen LogP contribution in [0.1, 0.15) is 19.3 Å². The van der Waals surface area contributed by atoms with Crippen molar-refractivity contribution in [2.45, 2.75) is 55.6 Å². The van der Waals surface area contributed by atoms with E-state index in [1.807, 2.05) is 23.5 Å². The lowest BCUT2D eigenvalue weighted by atomic mass is 10.1. The van der Waals surface area contributed by atoms with Crippen LogP contribution in [0.4, 0.5) is 0 Å². The first kappa shape index (κ1) is 15.7. The van der Waals surface area contributed by atoms with Crippen LogP contribution >= 0.6 is 23.5 Å². The molecular formula is C13H26OS2Si. The number of aliphatic hydroxyl groups excluding tert-OH is 1. The zero-order chi connectivity index (χ0) is 12.9. The van der Waals surface area contributed by atoms with Crippen LogP contribution in [-0.2, 0) is 0 Å². The third kappa shape index (κ3) is 7.60. The normalized spacial score (nSPS) is 20.2. The van der Waals surface area contributed by atoms with Gasteiger partial charge in [-0.2, -0.15) is 0 Å². The molecule has 0 saturated carbocycles. The van der Waals surface area contributed by atoms with E-state index in [1.165, 1.54) is 23.5 Å². The van der Waals surface area contributed by atoms with Crippen molar-refractivity contribution in [3.8, 4) is 0 Å². The Morgan fingerprint density at radius 3 is 2.47 bits per heavy atom. The topological polar surface area (TPSA) is 20.2 Å². The van der Waals surface area contributed by atoms with E-state index in [0.29, 0.717) is 4.58 Å². The van der Waals surface area contributed by atoms with Gasteiger partial charge in [0.15, 0.2) is 0 Å². The molecule has 17 heavy (non-hydrogen) atoms. The first-order chi connectivity index (χ1) is 7.87. The van der Waals surface area contributed by atoms with E-state index in [0.717, 1.165) is 18.9 Å². The predicted molar refractivity (Wildman–Crippen MR) is 85.9 cm³/mol. The minimum Gasteiger partial charge on any atom is -0.393 e. The predicted octanol–water partition coefficient (Wildman–Crippen LogP) is 4.22. The third-order valence-corrected chi connectivity index (χ3v) is 7.22. The van der Waals surface area contributed by atoms with Gasteiger partial charge in [0.2, 0.25) is 0 Å². The average molecular weight is 291 g/mol. The van der Waals surface area contributed by atoms with Crippen molar-refractivity contribution in [3.63, 3.8) is 0 Å². The first-order valence-corrected chi connectivity index (χ1v) is 12.3. The second-order valence-corrected chi connectivity index (χ2v) is 14.5. The molecule has 1 atom stereocenters. The van der Waals surface area contributed by atoms with Gasteiger partial charge in [-0.15, -0.1) is 30.1 Å². The SMILES string of the molecule is C=C(C[C@H](O)CC1SCCCS1)C[Si](C)(C)C. The zero-order valence-electron chi connectivity index (χ0n) is 11.4. The van der Waals surface area contributed by atoms with E-state index in [4.69, 9.17) is 0 Å². The van der Waals surface area contributed by atoms with Crippen LogP contribution in [-0.4, -0.2) is 35.4 Å². The lowest BCUT2D eigenvalue weighted by molar-refractivity contribution is 0.170. The van der Waals surface area contributed by atoms with Crippen molar-refractivity contribution in [3.05, 3.63) is 12.2 Å². The van der Waals surface area contributed by atoms with E-state index in [9.17, 15) is 5.11 Å². The molecular weight excluding hydrogens is 264 g/mol. The molecule has 0 radical (unpaired) electrons. The standard InChI is InChI=1S/C13H26OS2Si/c1-11(10-17(2,3)4)8-12(14)9-13-15-6-5-7-16-13/h12-14H,1,5-10H2,2-4H3/t12-/m0/s1. The van der Waals surface area contributed by atoms with E-state index in [2.05, 4.69) is 26.2 Å². The van der Waals surface area contributed by atoms with Gasteiger partial charge in [0.1, 0.15) is 0 Å². The van der Waals surface area contributed by atoms with Gasteiger partial charge in [0, 0.05) is 8.07 Å². The van der Waals surface area contributed by atoms with Crippen molar-refractivity contribution >= 4 is 31.6 Å². The number of hydrogen-bond donors (Lipinski definition) is 1. The minimum atomic E-state index is -1.06. The van der Waals surface area contributed by atoms with E-state index in [-0.39, 0.29) is 6.10 Å². The molecule has 0 aromatic rings. The van der Waals surface area contributed by atoms with Gasteiger partial charge in [-0.05, 0) is 36.8 Å². The summed E-state index contributed by atoms with van der Waals surface area (Å²) in [7, 11) is -1.06. The Morgan fingerprint density at radius 2 is 1.94 bits per heavy atom. The molecule has 100 valence electrons. The van der Waals surface area contributed by atoms with Crippen LogP contribution in [0.2, 0.25) is 25.7 Å². The second kappa shape index (κ2) is 7.27. The fourth-order valence-corrected chi connectivity index (χ4v) is 6.79. The molecule has 1 aliphatic rings. The second-order valence-electron chi connectivity index (χ2n) is 6.11. The molecule has 0 aromatic heterocycles. The molecule has 0 aromatic carbocycles. The van der Waals surface area contributed by atoms with Crippen molar-refractivity contribution in [2.75, 3.05) is 11.5 Å². The Labute approximate surface area is 116 Å². The lowest BCUT2D eigenvalue weighted by Gasteiger charge is -2.24. The highest BCUT2D eigenvalue weighted by Crippen LogP contribution is 2.34. The van der Waals surface area contributed by atoms with E-state index < -0.39 is 8.07 Å². The van der Waals surface area contributed by atoms with Crippen molar-refractivity contribution in [1.29, 1.82) is 0 Å². The number of thioether (sulfide) groups is 2. The largest absolute Gasteiger partial charge is 0.393 e. The summed E-state index contributed by atoms with van der Waals surface area (Å²) in [6.07, 6.45) is 2.88. The van der Waals surface area contributed by atoms with Gasteiger partial charge in [0.05, 0.1) is 10.7 Å². The molecule has 4 heteroatoms. The van der Waals surface area contributed by atoms with Gasteiger partial charge < -0.3 is 5.11 Å². The Morgan fingerprint density at radius 1 is 1.35 bits per heavy atom. The highest BCUT2D eigenvalue weighted by atomic mass is 32.2. The molecule has 0 spiro atoms. The van der Waals surface area contributed by atoms with Crippen molar-refractivity contribution in [1.82, 2.24) is 0 Å². The molecule has 1 rings (SSSR count). The average Bonchev–Trinajstić information content (AvgIpc) is 2.15.